The molecule has 1 fully saturated rings. The molecule has 0 bridgehead atoms. The smallest absolute Gasteiger partial charge is 0.326 e. The van der Waals surface area contributed by atoms with Crippen LogP contribution >= 0.6 is 11.8 Å². The third-order valence-corrected chi connectivity index (χ3v) is 7.33. The molecule has 1 saturated heterocycles. The zero-order valence-corrected chi connectivity index (χ0v) is 23.4. The molecule has 4 N–H and O–H groups in total. The second-order valence-electron chi connectivity index (χ2n) is 9.65. The number of hydrogen-bond acceptors (Lipinski definition) is 5. The second-order valence-corrected chi connectivity index (χ2v) is 10.6. The lowest BCUT2D eigenvalue weighted by molar-refractivity contribution is -0.139. The zero-order chi connectivity index (χ0) is 27.5. The quantitative estimate of drug-likeness (QED) is 0.300. The van der Waals surface area contributed by atoms with Gasteiger partial charge in [0.05, 0.1) is 0 Å². The average Bonchev–Trinajstić information content (AvgIpc) is 2.92. The zero-order valence-electron chi connectivity index (χ0n) is 22.6. The van der Waals surface area contributed by atoms with Crippen LogP contribution in [0, 0.1) is 13.8 Å². The monoisotopic (exact) mass is 533 g/mol. The molecule has 202 valence electrons. The van der Waals surface area contributed by atoms with Crippen LogP contribution < -0.4 is 16.0 Å². The summed E-state index contributed by atoms with van der Waals surface area (Å²) in [6.45, 7) is 6.37. The Morgan fingerprint density at radius 3 is 2.29 bits per heavy atom. The third-order valence-electron chi connectivity index (χ3n) is 6.68. The summed E-state index contributed by atoms with van der Waals surface area (Å²) in [5.74, 6) is -0.686. The topological polar surface area (TPSA) is 95.7 Å². The summed E-state index contributed by atoms with van der Waals surface area (Å²) in [4.78, 5) is 26.6. The maximum Gasteiger partial charge on any atom is 0.326 e. The molecule has 0 aromatic heterocycles. The van der Waals surface area contributed by atoms with Gasteiger partial charge in [-0.25, -0.2) is 4.79 Å². The van der Waals surface area contributed by atoms with Crippen molar-refractivity contribution in [2.75, 3.05) is 35.7 Å². The van der Waals surface area contributed by atoms with Crippen LogP contribution in [0.5, 0.6) is 0 Å². The summed E-state index contributed by atoms with van der Waals surface area (Å²) < 4.78 is 0. The fraction of sp³-hybridized carbons (Fsp3) is 0.355. The van der Waals surface area contributed by atoms with Crippen molar-refractivity contribution in [3.05, 3.63) is 83.4 Å². The summed E-state index contributed by atoms with van der Waals surface area (Å²) >= 11 is 1.56. The van der Waals surface area contributed by atoms with Gasteiger partial charge in [-0.3, -0.25) is 4.79 Å². The molecule has 7 heteroatoms. The van der Waals surface area contributed by atoms with Crippen LogP contribution in [0.25, 0.3) is 11.1 Å². The first-order valence-electron chi connectivity index (χ1n) is 13.1. The van der Waals surface area contributed by atoms with Gasteiger partial charge in [-0.1, -0.05) is 42.0 Å². The number of rotatable bonds is 8. The molecule has 0 spiro atoms. The third kappa shape index (κ3) is 8.28. The minimum Gasteiger partial charge on any atom is -0.480 e. The number of anilines is 2. The molecular formula is C31H39N3O3S. The van der Waals surface area contributed by atoms with E-state index in [2.05, 4.69) is 22.3 Å². The highest BCUT2D eigenvalue weighted by Crippen LogP contribution is 2.28. The van der Waals surface area contributed by atoms with Crippen LogP contribution in [0.3, 0.4) is 0 Å². The van der Waals surface area contributed by atoms with Gasteiger partial charge < -0.3 is 21.1 Å². The summed E-state index contributed by atoms with van der Waals surface area (Å²) in [5.41, 5.74) is 12.2. The van der Waals surface area contributed by atoms with Crippen molar-refractivity contribution in [2.24, 2.45) is 0 Å². The molecule has 4 rings (SSSR count). The van der Waals surface area contributed by atoms with Crippen LogP contribution in [-0.2, 0) is 4.79 Å². The standard InChI is InChI=1S/C20H23NO3S.C11H16N2/c1-13-8-9-16(17(12-13)15-7-5-4-6-14(15)2)19(22)21-18(20(23)24)10-11-25-3;12-10-4-6-11(7-5-10)13-8-2-1-3-9-13/h4-9,12,18H,10-11H2,1-3H3,(H,21,22)(H,23,24);4-7H,1-3,8-9,12H2. The number of carbonyl (C=O) groups excluding carboxylic acids is 1. The molecule has 1 amide bonds. The first kappa shape index (κ1) is 29.1. The van der Waals surface area contributed by atoms with Crippen molar-refractivity contribution in [2.45, 2.75) is 45.6 Å². The molecule has 1 unspecified atom stereocenters. The number of carbonyl (C=O) groups is 2. The fourth-order valence-electron chi connectivity index (χ4n) is 4.52. The molecule has 0 saturated carbocycles. The molecule has 1 atom stereocenters. The van der Waals surface area contributed by atoms with Crippen LogP contribution in [0.15, 0.2) is 66.7 Å². The van der Waals surface area contributed by atoms with Crippen molar-refractivity contribution in [3.8, 4) is 11.1 Å². The van der Waals surface area contributed by atoms with E-state index in [1.54, 1.807) is 17.8 Å². The SMILES string of the molecule is CSCCC(NC(=O)c1ccc(C)cc1-c1ccccc1C)C(=O)O.Nc1ccc(N2CCCCC2)cc1. The van der Waals surface area contributed by atoms with Gasteiger partial charge >= 0.3 is 5.97 Å². The van der Waals surface area contributed by atoms with Crippen LogP contribution in [0.4, 0.5) is 11.4 Å². The Hall–Kier alpha value is -3.45. The minimum absolute atomic E-state index is 0.355. The Bertz CT molecular complexity index is 1210. The number of nitrogens with two attached hydrogens (primary N) is 1. The predicted molar refractivity (Wildman–Crippen MR) is 160 cm³/mol. The Labute approximate surface area is 230 Å². The van der Waals surface area contributed by atoms with E-state index in [1.807, 2.05) is 68.6 Å². The fourth-order valence-corrected chi connectivity index (χ4v) is 4.99. The number of nitrogens with zero attached hydrogens (tertiary/aromatic N) is 1. The van der Waals surface area contributed by atoms with Gasteiger partial charge in [0.25, 0.3) is 5.91 Å². The summed E-state index contributed by atoms with van der Waals surface area (Å²) in [7, 11) is 0. The number of amides is 1. The van der Waals surface area contributed by atoms with Crippen molar-refractivity contribution >= 4 is 35.0 Å². The molecule has 1 aliphatic rings. The number of piperidine rings is 1. The van der Waals surface area contributed by atoms with E-state index in [9.17, 15) is 14.7 Å². The highest BCUT2D eigenvalue weighted by atomic mass is 32.2. The van der Waals surface area contributed by atoms with Crippen molar-refractivity contribution in [1.29, 1.82) is 0 Å². The number of hydrogen-bond donors (Lipinski definition) is 3. The summed E-state index contributed by atoms with van der Waals surface area (Å²) in [6.07, 6.45) is 6.34. The highest BCUT2D eigenvalue weighted by molar-refractivity contribution is 7.98. The van der Waals surface area contributed by atoms with Crippen molar-refractivity contribution in [3.63, 3.8) is 0 Å². The van der Waals surface area contributed by atoms with Crippen molar-refractivity contribution < 1.29 is 14.7 Å². The Morgan fingerprint density at radius 2 is 1.66 bits per heavy atom. The van der Waals surface area contributed by atoms with Gasteiger partial charge in [0.15, 0.2) is 0 Å². The Balaban J connectivity index is 0.000000256. The number of thioether (sulfide) groups is 1. The van der Waals surface area contributed by atoms with Gasteiger partial charge in [-0.15, -0.1) is 0 Å². The number of nitrogen functional groups attached to an aromatic ring is 1. The average molecular weight is 534 g/mol. The lowest BCUT2D eigenvalue weighted by Gasteiger charge is -2.28. The maximum absolute atomic E-state index is 12.8. The van der Waals surface area contributed by atoms with Crippen LogP contribution in [-0.4, -0.2) is 48.1 Å². The molecule has 0 radical (unpaired) electrons. The normalized spacial score (nSPS) is 13.7. The Kier molecular flexibility index (Phi) is 11.1. The number of carboxylic acids is 1. The van der Waals surface area contributed by atoms with E-state index in [1.165, 1.54) is 38.0 Å². The van der Waals surface area contributed by atoms with E-state index in [4.69, 9.17) is 5.73 Å². The Morgan fingerprint density at radius 1 is 0.974 bits per heavy atom. The van der Waals surface area contributed by atoms with E-state index >= 15 is 0 Å². The summed E-state index contributed by atoms with van der Waals surface area (Å²) in [5, 5.41) is 12.0. The van der Waals surface area contributed by atoms with Gasteiger partial charge in [-0.2, -0.15) is 11.8 Å². The second kappa shape index (κ2) is 14.5. The van der Waals surface area contributed by atoms with E-state index < -0.39 is 12.0 Å². The van der Waals surface area contributed by atoms with Gasteiger partial charge in [-0.05, 0) is 98.6 Å². The van der Waals surface area contributed by atoms with Gasteiger partial charge in [0.2, 0.25) is 0 Å². The minimum atomic E-state index is -1.01. The van der Waals surface area contributed by atoms with Crippen LogP contribution in [0.1, 0.15) is 47.2 Å². The number of nitrogens with one attached hydrogen (secondary N) is 1. The predicted octanol–water partition coefficient (Wildman–Crippen LogP) is 6.17. The molecule has 1 aliphatic heterocycles. The molecule has 38 heavy (non-hydrogen) atoms. The molecule has 1 heterocycles. The van der Waals surface area contributed by atoms with Gasteiger partial charge in [0, 0.05) is 30.0 Å². The molecular weight excluding hydrogens is 494 g/mol. The lowest BCUT2D eigenvalue weighted by Crippen LogP contribution is -2.41. The van der Waals surface area contributed by atoms with Crippen LogP contribution in [0.2, 0.25) is 0 Å². The van der Waals surface area contributed by atoms with E-state index in [0.717, 1.165) is 27.9 Å². The molecule has 3 aromatic rings. The molecule has 3 aromatic carbocycles. The summed E-state index contributed by atoms with van der Waals surface area (Å²) in [6, 6.07) is 20.8. The van der Waals surface area contributed by atoms with Gasteiger partial charge in [0.1, 0.15) is 6.04 Å². The molecule has 6 nitrogen and oxygen atoms in total. The first-order valence-corrected chi connectivity index (χ1v) is 14.5. The van der Waals surface area contributed by atoms with E-state index in [-0.39, 0.29) is 5.91 Å². The number of aliphatic carboxylic acids is 1. The van der Waals surface area contributed by atoms with E-state index in [0.29, 0.717) is 17.7 Å². The largest absolute Gasteiger partial charge is 0.480 e. The number of benzene rings is 3. The first-order chi connectivity index (χ1) is 18.3. The lowest BCUT2D eigenvalue weighted by atomic mass is 9.94. The molecule has 0 aliphatic carbocycles. The van der Waals surface area contributed by atoms with Crippen molar-refractivity contribution in [1.82, 2.24) is 5.32 Å². The number of aryl methyl sites for hydroxylation is 2. The maximum atomic E-state index is 12.8. The highest BCUT2D eigenvalue weighted by Gasteiger charge is 2.22. The number of carboxylic acid groups (broad SMARTS) is 1.